The Bertz CT molecular complexity index is 1600. The van der Waals surface area contributed by atoms with Crippen molar-refractivity contribution in [1.29, 1.82) is 0 Å². The minimum absolute atomic E-state index is 0.0405. The summed E-state index contributed by atoms with van der Waals surface area (Å²) in [6.45, 7) is 10.7. The first-order valence-electron chi connectivity index (χ1n) is 14.1. The molecule has 1 aliphatic rings. The molecule has 4 rings (SSSR count). The predicted octanol–water partition coefficient (Wildman–Crippen LogP) is 3.32. The summed E-state index contributed by atoms with van der Waals surface area (Å²) in [5.74, 6) is -0.521. The zero-order valence-electron chi connectivity index (χ0n) is 25.1. The van der Waals surface area contributed by atoms with Gasteiger partial charge in [-0.15, -0.1) is 6.58 Å². The van der Waals surface area contributed by atoms with E-state index in [-0.39, 0.29) is 23.6 Å². The van der Waals surface area contributed by atoms with Crippen molar-refractivity contribution in [2.45, 2.75) is 64.2 Å². The van der Waals surface area contributed by atoms with Crippen LogP contribution in [0.25, 0.3) is 10.8 Å². The second kappa shape index (κ2) is 13.2. The summed E-state index contributed by atoms with van der Waals surface area (Å²) < 4.78 is 38.4. The first-order chi connectivity index (χ1) is 20.7. The third-order valence-electron chi connectivity index (χ3n) is 7.16. The second-order valence-corrected chi connectivity index (χ2v) is 13.5. The zero-order valence-corrected chi connectivity index (χ0v) is 26.0. The van der Waals surface area contributed by atoms with Gasteiger partial charge >= 0.3 is 19.4 Å². The number of aliphatic hydroxyl groups excluding tert-OH is 2. The van der Waals surface area contributed by atoms with E-state index in [1.54, 1.807) is 24.3 Å². The van der Waals surface area contributed by atoms with Gasteiger partial charge < -0.3 is 29.9 Å². The number of aliphatic hydroxyl groups is 2. The minimum atomic E-state index is -4.45. The maximum atomic E-state index is 14.3. The Morgan fingerprint density at radius 3 is 2.64 bits per heavy atom. The molecule has 1 aliphatic heterocycles. The van der Waals surface area contributed by atoms with Crippen molar-refractivity contribution in [3.05, 3.63) is 77.9 Å². The number of aromatic nitrogens is 2. The lowest BCUT2D eigenvalue weighted by atomic mass is 9.93. The molecule has 5 N–H and O–H groups in total. The number of esters is 1. The smallest absolute Gasteiger partial charge is 0.459 e. The summed E-state index contributed by atoms with van der Waals surface area (Å²) in [5, 5.41) is 25.9. The van der Waals surface area contributed by atoms with Gasteiger partial charge in [0.25, 0.3) is 0 Å². The van der Waals surface area contributed by atoms with Gasteiger partial charge in [0, 0.05) is 11.6 Å². The number of fused-ring (bicyclic) bond motifs is 1. The van der Waals surface area contributed by atoms with E-state index in [0.717, 1.165) is 9.95 Å². The average Bonchev–Trinajstić information content (AvgIpc) is 3.21. The number of anilines is 1. The van der Waals surface area contributed by atoms with E-state index in [1.807, 2.05) is 39.0 Å². The Labute approximate surface area is 255 Å². The molecule has 3 aromatic rings. The molecule has 13 nitrogen and oxygen atoms in total. The SMILES string of the molecule is C=C[C@]1(COP(=O)(N[C@@H](C)C(=O)OCCC(C)(C)C)Oc2cccc3ccccc23)O[C@@H](n2ccc(N)nc2=O)[C@H](O)[C@@H]1O. The van der Waals surface area contributed by atoms with Crippen LogP contribution in [0.1, 0.15) is 40.3 Å². The Morgan fingerprint density at radius 2 is 1.95 bits per heavy atom. The van der Waals surface area contributed by atoms with E-state index >= 15 is 0 Å². The first kappa shape index (κ1) is 33.3. The zero-order chi connectivity index (χ0) is 32.3. The lowest BCUT2D eigenvalue weighted by Gasteiger charge is -2.31. The van der Waals surface area contributed by atoms with Crippen LogP contribution in [0.15, 0.2) is 72.2 Å². The van der Waals surface area contributed by atoms with Crippen molar-refractivity contribution in [3.63, 3.8) is 0 Å². The number of carbonyl (C=O) groups excluding carboxylic acids is 1. The third-order valence-corrected chi connectivity index (χ3v) is 8.77. The molecule has 0 spiro atoms. The van der Waals surface area contributed by atoms with Crippen molar-refractivity contribution in [3.8, 4) is 5.75 Å². The largest absolute Gasteiger partial charge is 0.465 e. The van der Waals surface area contributed by atoms with Gasteiger partial charge in [0.15, 0.2) is 6.23 Å². The number of nitrogen functional groups attached to an aromatic ring is 1. The molecule has 1 aromatic heterocycles. The quantitative estimate of drug-likeness (QED) is 0.130. The molecule has 0 aliphatic carbocycles. The van der Waals surface area contributed by atoms with E-state index in [4.69, 9.17) is 24.3 Å². The molecule has 6 atom stereocenters. The monoisotopic (exact) mass is 630 g/mol. The number of benzene rings is 2. The van der Waals surface area contributed by atoms with Gasteiger partial charge in [-0.25, -0.2) is 9.36 Å². The van der Waals surface area contributed by atoms with Gasteiger partial charge in [0.05, 0.1) is 13.2 Å². The average molecular weight is 631 g/mol. The summed E-state index contributed by atoms with van der Waals surface area (Å²) in [4.78, 5) is 28.9. The van der Waals surface area contributed by atoms with Crippen molar-refractivity contribution < 1.29 is 38.1 Å². The molecule has 0 amide bonds. The van der Waals surface area contributed by atoms with Crippen LogP contribution in [-0.4, -0.2) is 62.8 Å². The van der Waals surface area contributed by atoms with Gasteiger partial charge in [0.1, 0.15) is 35.4 Å². The molecule has 1 saturated heterocycles. The van der Waals surface area contributed by atoms with E-state index < -0.39 is 56.1 Å². The maximum absolute atomic E-state index is 14.3. The molecule has 238 valence electrons. The van der Waals surface area contributed by atoms with Gasteiger partial charge in [-0.3, -0.25) is 13.9 Å². The van der Waals surface area contributed by atoms with Crippen LogP contribution in [0.5, 0.6) is 5.75 Å². The fourth-order valence-electron chi connectivity index (χ4n) is 4.55. The number of carbonyl (C=O) groups is 1. The topological polar surface area (TPSA) is 184 Å². The van der Waals surface area contributed by atoms with Gasteiger partial charge in [0.2, 0.25) is 0 Å². The standard InChI is InChI=1S/C30H39N4O9P/c1-6-30(25(36)24(35)26(42-30)34-16-14-23(31)32-28(34)38)18-41-44(39,33-19(2)27(37)40-17-15-29(3,4)5)43-22-13-9-11-20-10-7-8-12-21(20)22/h6-14,16,19,24-26,35-36H,1,15,17-18H2,2-5H3,(H,33,39)(H2,31,32,38)/t19-,24+,25-,26+,30+,44?/m0/s1. The third kappa shape index (κ3) is 7.55. The lowest BCUT2D eigenvalue weighted by molar-refractivity contribution is -0.146. The van der Waals surface area contributed by atoms with Gasteiger partial charge in [-0.1, -0.05) is 63.2 Å². The molecular weight excluding hydrogens is 591 g/mol. The van der Waals surface area contributed by atoms with E-state index in [9.17, 15) is 24.4 Å². The number of hydrogen-bond donors (Lipinski definition) is 4. The van der Waals surface area contributed by atoms with Crippen LogP contribution >= 0.6 is 7.75 Å². The van der Waals surface area contributed by atoms with E-state index in [1.165, 1.54) is 25.3 Å². The molecule has 14 heteroatoms. The Balaban J connectivity index is 1.61. The number of nitrogens with two attached hydrogens (primary N) is 1. The van der Waals surface area contributed by atoms with E-state index in [0.29, 0.717) is 11.8 Å². The van der Waals surface area contributed by atoms with Crippen molar-refractivity contribution in [2.24, 2.45) is 5.41 Å². The summed E-state index contributed by atoms with van der Waals surface area (Å²) in [7, 11) is -4.45. The highest BCUT2D eigenvalue weighted by molar-refractivity contribution is 7.52. The highest BCUT2D eigenvalue weighted by Crippen LogP contribution is 2.49. The van der Waals surface area contributed by atoms with Crippen molar-refractivity contribution in [2.75, 3.05) is 18.9 Å². The molecule has 2 heterocycles. The van der Waals surface area contributed by atoms with Gasteiger partial charge in [-0.2, -0.15) is 10.1 Å². The number of hydrogen-bond acceptors (Lipinski definition) is 11. The summed E-state index contributed by atoms with van der Waals surface area (Å²) in [5.41, 5.74) is 2.82. The van der Waals surface area contributed by atoms with E-state index in [2.05, 4.69) is 16.7 Å². The predicted molar refractivity (Wildman–Crippen MR) is 164 cm³/mol. The Kier molecular flexibility index (Phi) is 9.99. The van der Waals surface area contributed by atoms with Crippen LogP contribution in [0.4, 0.5) is 5.82 Å². The number of ether oxygens (including phenoxy) is 2. The maximum Gasteiger partial charge on any atom is 0.459 e. The molecule has 1 fully saturated rings. The Morgan fingerprint density at radius 1 is 1.25 bits per heavy atom. The van der Waals surface area contributed by atoms with Crippen LogP contribution in [0.3, 0.4) is 0 Å². The molecule has 1 unspecified atom stereocenters. The summed E-state index contributed by atoms with van der Waals surface area (Å²) in [6, 6.07) is 12.6. The molecule has 0 bridgehead atoms. The normalized spacial score (nSPS) is 24.0. The van der Waals surface area contributed by atoms with Crippen LogP contribution in [0, 0.1) is 5.41 Å². The minimum Gasteiger partial charge on any atom is -0.465 e. The highest BCUT2D eigenvalue weighted by atomic mass is 31.2. The number of nitrogens with zero attached hydrogens (tertiary/aromatic N) is 2. The molecule has 2 aromatic carbocycles. The van der Waals surface area contributed by atoms with Gasteiger partial charge in [-0.05, 0) is 36.3 Å². The second-order valence-electron chi connectivity index (χ2n) is 11.8. The Hall–Kier alpha value is -3.58. The van der Waals surface area contributed by atoms with Crippen molar-refractivity contribution >= 4 is 30.3 Å². The van der Waals surface area contributed by atoms with Crippen LogP contribution in [-0.2, 0) is 23.4 Å². The molecule has 44 heavy (non-hydrogen) atoms. The number of nitrogens with one attached hydrogen (secondary N) is 1. The highest BCUT2D eigenvalue weighted by Gasteiger charge is 2.55. The fraction of sp³-hybridized carbons (Fsp3) is 0.433. The van der Waals surface area contributed by atoms with Crippen molar-refractivity contribution in [1.82, 2.24) is 14.6 Å². The first-order valence-corrected chi connectivity index (χ1v) is 15.6. The van der Waals surface area contributed by atoms with Crippen LogP contribution < -0.4 is 21.0 Å². The molecule has 0 radical (unpaired) electrons. The lowest BCUT2D eigenvalue weighted by Crippen LogP contribution is -2.46. The number of rotatable bonds is 12. The molecule has 0 saturated carbocycles. The summed E-state index contributed by atoms with van der Waals surface area (Å²) >= 11 is 0. The fourth-order valence-corrected chi connectivity index (χ4v) is 6.10. The molecular formula is C30H39N4O9P. The summed E-state index contributed by atoms with van der Waals surface area (Å²) in [6.07, 6.45) is -1.69. The van der Waals surface area contributed by atoms with Crippen LogP contribution in [0.2, 0.25) is 0 Å².